The van der Waals surface area contributed by atoms with Gasteiger partial charge in [-0.15, -0.1) is 0 Å². The highest BCUT2D eigenvalue weighted by molar-refractivity contribution is 14.1. The molecule has 0 saturated heterocycles. The Morgan fingerprint density at radius 2 is 1.73 bits per heavy atom. The first-order chi connectivity index (χ1) is 7.13. The molecule has 0 fully saturated rings. The average molecular weight is 318 g/mol. The maximum atomic E-state index is 11.2. The molecule has 1 aromatic rings. The summed E-state index contributed by atoms with van der Waals surface area (Å²) in [6.45, 7) is 0. The van der Waals surface area contributed by atoms with Crippen molar-refractivity contribution >= 4 is 41.1 Å². The summed E-state index contributed by atoms with van der Waals surface area (Å²) in [5.74, 6) is -0.572. The standard InChI is InChI=1S/C10H7IO4/c1-15-10(14)6-2-7(4-12)9(11)8(3-6)5-13/h2-5H,1H3. The molecule has 0 atom stereocenters. The Bertz CT molecular complexity index is 396. The molecule has 0 heterocycles. The fourth-order valence-corrected chi connectivity index (χ4v) is 1.64. The Kier molecular flexibility index (Phi) is 3.96. The van der Waals surface area contributed by atoms with Crippen molar-refractivity contribution in [2.75, 3.05) is 7.11 Å². The van der Waals surface area contributed by atoms with Gasteiger partial charge in [-0.2, -0.15) is 0 Å². The summed E-state index contributed by atoms with van der Waals surface area (Å²) >= 11 is 1.88. The van der Waals surface area contributed by atoms with Gasteiger partial charge >= 0.3 is 5.97 Å². The number of hydrogen-bond donors (Lipinski definition) is 0. The van der Waals surface area contributed by atoms with Crippen molar-refractivity contribution in [2.24, 2.45) is 0 Å². The molecule has 0 spiro atoms. The molecular weight excluding hydrogens is 311 g/mol. The normalized spacial score (nSPS) is 9.47. The van der Waals surface area contributed by atoms with Crippen LogP contribution in [0.2, 0.25) is 0 Å². The summed E-state index contributed by atoms with van der Waals surface area (Å²) in [5.41, 5.74) is 0.809. The second-order valence-corrected chi connectivity index (χ2v) is 3.77. The van der Waals surface area contributed by atoms with Crippen LogP contribution in [0.1, 0.15) is 31.1 Å². The minimum absolute atomic E-state index is 0.196. The molecule has 78 valence electrons. The third-order valence-electron chi connectivity index (χ3n) is 1.80. The second kappa shape index (κ2) is 5.01. The van der Waals surface area contributed by atoms with Crippen molar-refractivity contribution in [1.29, 1.82) is 0 Å². The lowest BCUT2D eigenvalue weighted by Gasteiger charge is -2.04. The molecule has 0 N–H and O–H groups in total. The van der Waals surface area contributed by atoms with E-state index in [0.717, 1.165) is 0 Å². The van der Waals surface area contributed by atoms with Crippen molar-refractivity contribution in [3.63, 3.8) is 0 Å². The fourth-order valence-electron chi connectivity index (χ4n) is 1.08. The van der Waals surface area contributed by atoms with Gasteiger partial charge in [0.25, 0.3) is 0 Å². The molecule has 1 rings (SSSR count). The smallest absolute Gasteiger partial charge is 0.337 e. The summed E-state index contributed by atoms with van der Waals surface area (Å²) in [5, 5.41) is 0. The summed E-state index contributed by atoms with van der Waals surface area (Å²) in [4.78, 5) is 32.6. The predicted molar refractivity (Wildman–Crippen MR) is 61.3 cm³/mol. The van der Waals surface area contributed by atoms with Crippen molar-refractivity contribution in [1.82, 2.24) is 0 Å². The van der Waals surface area contributed by atoms with Gasteiger partial charge in [-0.1, -0.05) is 0 Å². The topological polar surface area (TPSA) is 60.4 Å². The second-order valence-electron chi connectivity index (χ2n) is 2.70. The van der Waals surface area contributed by atoms with E-state index >= 15 is 0 Å². The fraction of sp³-hybridized carbons (Fsp3) is 0.100. The molecule has 0 saturated carbocycles. The monoisotopic (exact) mass is 318 g/mol. The van der Waals surface area contributed by atoms with Crippen molar-refractivity contribution in [3.8, 4) is 0 Å². The van der Waals surface area contributed by atoms with Crippen molar-refractivity contribution in [2.45, 2.75) is 0 Å². The van der Waals surface area contributed by atoms with Crippen LogP contribution in [0.15, 0.2) is 12.1 Å². The lowest BCUT2D eigenvalue weighted by molar-refractivity contribution is 0.0600. The maximum Gasteiger partial charge on any atom is 0.337 e. The van der Waals surface area contributed by atoms with Gasteiger partial charge in [0.15, 0.2) is 12.6 Å². The molecule has 1 aromatic carbocycles. The highest BCUT2D eigenvalue weighted by Gasteiger charge is 2.12. The number of halogens is 1. The van der Waals surface area contributed by atoms with E-state index in [9.17, 15) is 14.4 Å². The van der Waals surface area contributed by atoms with Gasteiger partial charge < -0.3 is 4.74 Å². The lowest BCUT2D eigenvalue weighted by Crippen LogP contribution is -2.05. The molecular formula is C10H7IO4. The first-order valence-corrected chi connectivity index (χ1v) is 5.04. The minimum Gasteiger partial charge on any atom is -0.465 e. The number of aldehydes is 2. The van der Waals surface area contributed by atoms with E-state index in [1.54, 1.807) is 0 Å². The zero-order chi connectivity index (χ0) is 11.4. The van der Waals surface area contributed by atoms with Gasteiger partial charge in [0.1, 0.15) is 0 Å². The van der Waals surface area contributed by atoms with Crippen LogP contribution in [-0.4, -0.2) is 25.7 Å². The van der Waals surface area contributed by atoms with Crippen LogP contribution in [0.25, 0.3) is 0 Å². The lowest BCUT2D eigenvalue weighted by atomic mass is 10.1. The molecule has 0 aliphatic rings. The van der Waals surface area contributed by atoms with E-state index in [0.29, 0.717) is 27.3 Å². The zero-order valence-corrected chi connectivity index (χ0v) is 9.98. The van der Waals surface area contributed by atoms with Crippen LogP contribution in [0, 0.1) is 3.57 Å². The molecule has 0 bridgehead atoms. The van der Waals surface area contributed by atoms with E-state index in [1.165, 1.54) is 19.2 Å². The van der Waals surface area contributed by atoms with E-state index in [2.05, 4.69) is 4.74 Å². The van der Waals surface area contributed by atoms with E-state index < -0.39 is 5.97 Å². The molecule has 4 nitrogen and oxygen atoms in total. The Morgan fingerprint density at radius 1 is 1.27 bits per heavy atom. The number of methoxy groups -OCH3 is 1. The number of ether oxygens (including phenoxy) is 1. The van der Waals surface area contributed by atoms with Crippen LogP contribution in [0.5, 0.6) is 0 Å². The molecule has 0 radical (unpaired) electrons. The van der Waals surface area contributed by atoms with E-state index in [4.69, 9.17) is 0 Å². The van der Waals surface area contributed by atoms with Gasteiger partial charge in [0.05, 0.1) is 12.7 Å². The third-order valence-corrected chi connectivity index (χ3v) is 3.05. The number of benzene rings is 1. The predicted octanol–water partition coefficient (Wildman–Crippen LogP) is 1.70. The molecule has 0 unspecified atom stereocenters. The highest BCUT2D eigenvalue weighted by atomic mass is 127. The Labute approximate surface area is 99.8 Å². The third kappa shape index (κ3) is 2.41. The Hall–Kier alpha value is -1.24. The van der Waals surface area contributed by atoms with Crippen LogP contribution >= 0.6 is 22.6 Å². The molecule has 0 aliphatic carbocycles. The minimum atomic E-state index is -0.572. The average Bonchev–Trinajstić information content (AvgIpc) is 2.28. The number of carbonyl (C=O) groups excluding carboxylic acids is 3. The summed E-state index contributed by atoms with van der Waals surface area (Å²) < 4.78 is 5.03. The number of rotatable bonds is 3. The zero-order valence-electron chi connectivity index (χ0n) is 7.82. The highest BCUT2D eigenvalue weighted by Crippen LogP contribution is 2.18. The molecule has 5 heteroatoms. The first-order valence-electron chi connectivity index (χ1n) is 3.96. The van der Waals surface area contributed by atoms with Gasteiger partial charge in [-0.3, -0.25) is 9.59 Å². The molecule has 0 amide bonds. The molecule has 0 aromatic heterocycles. The Balaban J connectivity index is 3.39. The molecule has 0 aliphatic heterocycles. The SMILES string of the molecule is COC(=O)c1cc(C=O)c(I)c(C=O)c1. The van der Waals surface area contributed by atoms with Gasteiger partial charge in [0.2, 0.25) is 0 Å². The quantitative estimate of drug-likeness (QED) is 0.483. The summed E-state index contributed by atoms with van der Waals surface area (Å²) in [7, 11) is 1.24. The first kappa shape index (κ1) is 11.8. The van der Waals surface area contributed by atoms with Gasteiger partial charge in [0, 0.05) is 14.7 Å². The summed E-state index contributed by atoms with van der Waals surface area (Å²) in [6, 6.07) is 2.79. The number of carbonyl (C=O) groups is 3. The van der Waals surface area contributed by atoms with E-state index in [1.807, 2.05) is 22.6 Å². The van der Waals surface area contributed by atoms with Crippen LogP contribution in [0.3, 0.4) is 0 Å². The van der Waals surface area contributed by atoms with Crippen LogP contribution in [0.4, 0.5) is 0 Å². The van der Waals surface area contributed by atoms with Gasteiger partial charge in [-0.25, -0.2) is 4.79 Å². The van der Waals surface area contributed by atoms with Crippen molar-refractivity contribution in [3.05, 3.63) is 32.4 Å². The van der Waals surface area contributed by atoms with E-state index in [-0.39, 0.29) is 5.56 Å². The summed E-state index contributed by atoms with van der Waals surface area (Å²) in [6.07, 6.45) is 1.20. The number of hydrogen-bond acceptors (Lipinski definition) is 4. The van der Waals surface area contributed by atoms with Crippen LogP contribution < -0.4 is 0 Å². The molecule has 15 heavy (non-hydrogen) atoms. The van der Waals surface area contributed by atoms with Crippen LogP contribution in [-0.2, 0) is 4.74 Å². The maximum absolute atomic E-state index is 11.2. The largest absolute Gasteiger partial charge is 0.465 e. The van der Waals surface area contributed by atoms with Crippen molar-refractivity contribution < 1.29 is 19.1 Å². The number of esters is 1. The van der Waals surface area contributed by atoms with Gasteiger partial charge in [-0.05, 0) is 34.7 Å². The Morgan fingerprint density at radius 3 is 2.07 bits per heavy atom.